The summed E-state index contributed by atoms with van der Waals surface area (Å²) in [6.45, 7) is 9.88. The van der Waals surface area contributed by atoms with Gasteiger partial charge in [0.05, 0.1) is 50.5 Å². The van der Waals surface area contributed by atoms with Gasteiger partial charge in [-0.1, -0.05) is 89.4 Å². The van der Waals surface area contributed by atoms with E-state index in [1.165, 1.54) is 13.2 Å². The van der Waals surface area contributed by atoms with Crippen LogP contribution in [0.2, 0.25) is 0 Å². The minimum Gasteiger partial charge on any atom is -0.493 e. The number of aliphatic hydroxyl groups excluding tert-OH is 2. The molecule has 12 heteroatoms. The van der Waals surface area contributed by atoms with E-state index in [0.717, 1.165) is 31.2 Å². The third kappa shape index (κ3) is 12.7. The second-order valence-electron chi connectivity index (χ2n) is 15.1. The molecule has 0 saturated carbocycles. The van der Waals surface area contributed by atoms with E-state index in [-0.39, 0.29) is 50.3 Å². The number of aliphatic hydroxyl groups is 3. The number of hydrogen-bond donors (Lipinski definition) is 3. The third-order valence-corrected chi connectivity index (χ3v) is 10.3. The molecular formula is C42H62O12. The molecule has 0 radical (unpaired) electrons. The topological polar surface area (TPSA) is 159 Å². The molecule has 3 aliphatic rings. The Bertz CT molecular complexity index is 1390. The minimum absolute atomic E-state index is 0.0665. The normalized spacial score (nSPS) is 32.5. The first-order valence-corrected chi connectivity index (χ1v) is 19.5. The first-order valence-electron chi connectivity index (χ1n) is 19.5. The third-order valence-electron chi connectivity index (χ3n) is 10.3. The maximum absolute atomic E-state index is 13.4. The smallest absolute Gasteiger partial charge is 0.330 e. The van der Waals surface area contributed by atoms with Crippen LogP contribution < -0.4 is 0 Å². The molecule has 0 amide bonds. The Morgan fingerprint density at radius 1 is 1.00 bits per heavy atom. The Hall–Kier alpha value is -3.10. The summed E-state index contributed by atoms with van der Waals surface area (Å²) in [6, 6.07) is 9.85. The maximum atomic E-state index is 13.4. The monoisotopic (exact) mass is 758 g/mol. The predicted octanol–water partition coefficient (Wildman–Crippen LogP) is 6.13. The number of fused-ring (bicyclic) bond motifs is 4. The minimum atomic E-state index is -2.21. The average Bonchev–Trinajstić information content (AvgIpc) is 3.14. The molecule has 3 aliphatic heterocycles. The number of carbonyl (C=O) groups is 2. The van der Waals surface area contributed by atoms with Crippen molar-refractivity contribution in [2.24, 2.45) is 5.41 Å². The molecule has 3 heterocycles. The van der Waals surface area contributed by atoms with E-state index in [4.69, 9.17) is 33.2 Å². The van der Waals surface area contributed by atoms with Crippen molar-refractivity contribution in [2.45, 2.75) is 147 Å². The molecule has 1 aromatic rings. The first-order chi connectivity index (χ1) is 25.9. The number of methoxy groups -OCH3 is 1. The fourth-order valence-corrected chi connectivity index (χ4v) is 7.14. The molecule has 4 bridgehead atoms. The fraction of sp³-hybridized carbons (Fsp3) is 0.667. The highest BCUT2D eigenvalue weighted by Gasteiger charge is 2.57. The van der Waals surface area contributed by atoms with Gasteiger partial charge in [0.25, 0.3) is 0 Å². The van der Waals surface area contributed by atoms with E-state index < -0.39 is 60.5 Å². The largest absolute Gasteiger partial charge is 0.493 e. The van der Waals surface area contributed by atoms with Gasteiger partial charge in [-0.25, -0.2) is 4.79 Å². The van der Waals surface area contributed by atoms with Crippen molar-refractivity contribution < 1.29 is 58.1 Å². The van der Waals surface area contributed by atoms with Crippen molar-refractivity contribution in [3.8, 4) is 0 Å². The standard InChI is InChI=1S/C42H62O12/c1-6-7-8-9-13-16-37(45)53-40-31(25-38(46)48-5)24-34-26-35(28-43)51-29(2)23-32(44)18-21-49-36(30-14-11-10-12-15-30)27-33-19-22-50-39(52-33)17-20-41(3,4)42(40,47)54-34/h10-12,14-15,17,20,25,32-36,39-40,43-44,47H,2,6-9,13,16,18-19,21-24,26-28H2,1,3-5H3/b20-17+,31-25+/t32-,33+,34+,35-,36+,39+,40+,42-/m1/s1. The molecule has 0 spiro atoms. The zero-order valence-corrected chi connectivity index (χ0v) is 32.5. The molecule has 8 atom stereocenters. The summed E-state index contributed by atoms with van der Waals surface area (Å²) in [6.07, 6.45) is 6.04. The zero-order chi connectivity index (χ0) is 39.1. The Morgan fingerprint density at radius 2 is 1.74 bits per heavy atom. The van der Waals surface area contributed by atoms with Crippen molar-refractivity contribution in [2.75, 3.05) is 26.9 Å². The number of unbranched alkanes of at least 4 members (excludes halogenated alkanes) is 4. The van der Waals surface area contributed by atoms with E-state index in [9.17, 15) is 24.9 Å². The van der Waals surface area contributed by atoms with Gasteiger partial charge in [-0.15, -0.1) is 0 Å². The van der Waals surface area contributed by atoms with Crippen molar-refractivity contribution in [3.05, 3.63) is 72.0 Å². The Kier molecular flexibility index (Phi) is 17.2. The fourth-order valence-electron chi connectivity index (χ4n) is 7.14. The Labute approximate surface area is 320 Å². The van der Waals surface area contributed by atoms with Gasteiger partial charge in [0, 0.05) is 43.8 Å². The first kappa shape index (κ1) is 43.6. The van der Waals surface area contributed by atoms with Gasteiger partial charge in [-0.3, -0.25) is 4.79 Å². The van der Waals surface area contributed by atoms with Crippen LogP contribution >= 0.6 is 0 Å². The van der Waals surface area contributed by atoms with E-state index in [1.54, 1.807) is 26.0 Å². The van der Waals surface area contributed by atoms with Crippen LogP contribution in [0.25, 0.3) is 0 Å². The molecule has 12 nitrogen and oxygen atoms in total. The molecule has 4 rings (SSSR count). The quantitative estimate of drug-likeness (QED) is 0.109. The van der Waals surface area contributed by atoms with Crippen LogP contribution in [0.4, 0.5) is 0 Å². The van der Waals surface area contributed by atoms with Crippen LogP contribution in [0.15, 0.2) is 66.5 Å². The number of carbonyl (C=O) groups excluding carboxylic acids is 2. The molecule has 2 saturated heterocycles. The van der Waals surface area contributed by atoms with Crippen molar-refractivity contribution >= 4 is 11.9 Å². The van der Waals surface area contributed by atoms with Crippen molar-refractivity contribution in [1.82, 2.24) is 0 Å². The van der Waals surface area contributed by atoms with E-state index in [1.807, 2.05) is 30.3 Å². The Morgan fingerprint density at radius 3 is 2.46 bits per heavy atom. The highest BCUT2D eigenvalue weighted by molar-refractivity contribution is 5.83. The van der Waals surface area contributed by atoms with E-state index >= 15 is 0 Å². The lowest BCUT2D eigenvalue weighted by Gasteiger charge is -2.51. The zero-order valence-electron chi connectivity index (χ0n) is 32.5. The van der Waals surface area contributed by atoms with Crippen LogP contribution in [-0.4, -0.2) is 96.8 Å². The highest BCUT2D eigenvalue weighted by atomic mass is 16.7. The predicted molar refractivity (Wildman–Crippen MR) is 201 cm³/mol. The molecule has 0 unspecified atom stereocenters. The Balaban J connectivity index is 1.70. The van der Waals surface area contributed by atoms with Gasteiger partial charge in [-0.05, 0) is 42.9 Å². The molecule has 1 aromatic carbocycles. The summed E-state index contributed by atoms with van der Waals surface area (Å²) in [4.78, 5) is 26.1. The molecule has 2 fully saturated rings. The van der Waals surface area contributed by atoms with Crippen LogP contribution in [-0.2, 0) is 42.7 Å². The summed E-state index contributed by atoms with van der Waals surface area (Å²) in [5, 5.41) is 34.0. The summed E-state index contributed by atoms with van der Waals surface area (Å²) in [5.74, 6) is -3.16. The number of hydrogen-bond acceptors (Lipinski definition) is 12. The lowest BCUT2D eigenvalue weighted by molar-refractivity contribution is -0.327. The van der Waals surface area contributed by atoms with Crippen molar-refractivity contribution in [1.29, 1.82) is 0 Å². The van der Waals surface area contributed by atoms with Gasteiger partial charge in [-0.2, -0.15) is 0 Å². The highest BCUT2D eigenvalue weighted by Crippen LogP contribution is 2.47. The van der Waals surface area contributed by atoms with Crippen LogP contribution in [0.3, 0.4) is 0 Å². The molecule has 302 valence electrons. The van der Waals surface area contributed by atoms with Gasteiger partial charge in [0.15, 0.2) is 12.4 Å². The van der Waals surface area contributed by atoms with Gasteiger partial charge in [0.1, 0.15) is 6.10 Å². The number of rotatable bonds is 10. The lowest BCUT2D eigenvalue weighted by Crippen LogP contribution is -2.62. The van der Waals surface area contributed by atoms with Crippen LogP contribution in [0.5, 0.6) is 0 Å². The second-order valence-corrected chi connectivity index (χ2v) is 15.1. The van der Waals surface area contributed by atoms with Gasteiger partial charge >= 0.3 is 11.9 Å². The van der Waals surface area contributed by atoms with Crippen molar-refractivity contribution in [3.63, 3.8) is 0 Å². The number of benzene rings is 1. The number of ether oxygens (including phenoxy) is 7. The molecule has 3 N–H and O–H groups in total. The molecular weight excluding hydrogens is 696 g/mol. The van der Waals surface area contributed by atoms with Crippen LogP contribution in [0, 0.1) is 5.41 Å². The van der Waals surface area contributed by atoms with E-state index in [0.29, 0.717) is 37.9 Å². The van der Waals surface area contributed by atoms with Gasteiger partial charge < -0.3 is 48.5 Å². The van der Waals surface area contributed by atoms with Crippen LogP contribution in [0.1, 0.15) is 109 Å². The van der Waals surface area contributed by atoms with E-state index in [2.05, 4.69) is 13.5 Å². The molecule has 0 aromatic heterocycles. The summed E-state index contributed by atoms with van der Waals surface area (Å²) >= 11 is 0. The second kappa shape index (κ2) is 21.3. The maximum Gasteiger partial charge on any atom is 0.330 e. The molecule has 0 aliphatic carbocycles. The molecule has 54 heavy (non-hydrogen) atoms. The SMILES string of the molecule is C=C1C[C@H](O)CCO[C@H](c2ccccc2)C[C@@H]2CCO[C@H](/C=C/C(C)(C)[C@]3(O)O[C@@H](C/C(=C\C(=O)OC)[C@@H]3OC(=O)CCCCCCC)C[C@H](CO)O1)O2. The summed E-state index contributed by atoms with van der Waals surface area (Å²) in [7, 11) is 1.24. The summed E-state index contributed by atoms with van der Waals surface area (Å²) < 4.78 is 42.2. The number of esters is 2. The summed E-state index contributed by atoms with van der Waals surface area (Å²) in [5.41, 5.74) is 0.0121. The van der Waals surface area contributed by atoms with Gasteiger partial charge in [0.2, 0.25) is 5.79 Å². The lowest BCUT2D eigenvalue weighted by atomic mass is 9.74. The average molecular weight is 759 g/mol.